The number of benzene rings is 1. The highest BCUT2D eigenvalue weighted by atomic mass is 19.4. The van der Waals surface area contributed by atoms with Gasteiger partial charge in [0, 0.05) is 36.1 Å². The molecular weight excluding hydrogens is 483 g/mol. The number of halogens is 3. The standard InChI is InChI=1S/C26H27N3O.C2HF3O2/c30-26-23-17-25(29-24(23)13-15-28-26)20-12-14-27-21(16-20)11-10-19-8-4-5-9-22(19)18-6-2-1-3-7-18;3-2(4,5)1(6)7/h4-5,8-12,14,16-18,29H,1-3,6-7,13,15H2,(H,28,30);(H,6,7). The molecule has 194 valence electrons. The quantitative estimate of drug-likeness (QED) is 0.388. The van der Waals surface area contributed by atoms with Crippen molar-refractivity contribution in [3.05, 3.63) is 76.7 Å². The summed E-state index contributed by atoms with van der Waals surface area (Å²) in [5.74, 6) is -2.07. The van der Waals surface area contributed by atoms with Crippen molar-refractivity contribution in [3.8, 4) is 11.3 Å². The second-order valence-corrected chi connectivity index (χ2v) is 9.15. The number of aliphatic carboxylic acids is 1. The van der Waals surface area contributed by atoms with Crippen LogP contribution in [0.25, 0.3) is 23.4 Å². The maximum Gasteiger partial charge on any atom is 0.490 e. The van der Waals surface area contributed by atoms with Crippen LogP contribution in [0.15, 0.2) is 48.7 Å². The van der Waals surface area contributed by atoms with Gasteiger partial charge in [0.1, 0.15) is 0 Å². The molecule has 1 aliphatic heterocycles. The monoisotopic (exact) mass is 511 g/mol. The fourth-order valence-electron chi connectivity index (χ4n) is 4.78. The molecule has 0 spiro atoms. The SMILES string of the molecule is O=C(O)C(F)(F)F.O=C1NCCc2[nH]c(-c3ccnc(C=Cc4ccccc4C4CCCCC4)c3)cc21. The van der Waals surface area contributed by atoms with Gasteiger partial charge in [-0.1, -0.05) is 49.6 Å². The van der Waals surface area contributed by atoms with Gasteiger partial charge in [-0.15, -0.1) is 0 Å². The van der Waals surface area contributed by atoms with E-state index in [1.54, 1.807) is 0 Å². The van der Waals surface area contributed by atoms with Gasteiger partial charge < -0.3 is 15.4 Å². The first-order valence-electron chi connectivity index (χ1n) is 12.3. The number of carbonyl (C=O) groups is 2. The average Bonchev–Trinajstić information content (AvgIpc) is 3.34. The number of pyridine rings is 1. The second-order valence-electron chi connectivity index (χ2n) is 9.15. The molecule has 3 heterocycles. The van der Waals surface area contributed by atoms with E-state index in [9.17, 15) is 18.0 Å². The number of rotatable bonds is 4. The van der Waals surface area contributed by atoms with Crippen LogP contribution in [-0.2, 0) is 11.2 Å². The Morgan fingerprint density at radius 2 is 1.78 bits per heavy atom. The first-order chi connectivity index (χ1) is 17.7. The lowest BCUT2D eigenvalue weighted by molar-refractivity contribution is -0.192. The van der Waals surface area contributed by atoms with Crippen LogP contribution in [0.1, 0.15) is 70.9 Å². The highest BCUT2D eigenvalue weighted by Gasteiger charge is 2.38. The van der Waals surface area contributed by atoms with Crippen LogP contribution in [0.3, 0.4) is 0 Å². The number of aromatic nitrogens is 2. The number of carboxylic acids is 1. The number of amides is 1. The number of alkyl halides is 3. The van der Waals surface area contributed by atoms with Crippen LogP contribution in [-0.4, -0.2) is 39.7 Å². The maximum absolute atomic E-state index is 12.1. The highest BCUT2D eigenvalue weighted by molar-refractivity contribution is 5.97. The molecule has 6 nitrogen and oxygen atoms in total. The molecule has 3 N–H and O–H groups in total. The summed E-state index contributed by atoms with van der Waals surface area (Å²) >= 11 is 0. The minimum absolute atomic E-state index is 0.00671. The number of carboxylic acid groups (broad SMARTS) is 1. The number of hydrogen-bond donors (Lipinski definition) is 3. The van der Waals surface area contributed by atoms with Gasteiger partial charge >= 0.3 is 12.1 Å². The second kappa shape index (κ2) is 11.5. The van der Waals surface area contributed by atoms with Crippen molar-refractivity contribution in [1.82, 2.24) is 15.3 Å². The molecule has 2 aromatic heterocycles. The molecule has 9 heteroatoms. The predicted octanol–water partition coefficient (Wildman–Crippen LogP) is 6.21. The lowest BCUT2D eigenvalue weighted by Gasteiger charge is -2.23. The third-order valence-corrected chi connectivity index (χ3v) is 6.61. The minimum Gasteiger partial charge on any atom is -0.475 e. The van der Waals surface area contributed by atoms with Crippen molar-refractivity contribution in [3.63, 3.8) is 0 Å². The average molecular weight is 512 g/mol. The van der Waals surface area contributed by atoms with E-state index in [2.05, 4.69) is 57.8 Å². The predicted molar refractivity (Wildman–Crippen MR) is 135 cm³/mol. The normalized spacial score (nSPS) is 16.0. The summed E-state index contributed by atoms with van der Waals surface area (Å²) in [6.45, 7) is 0.691. The van der Waals surface area contributed by atoms with Gasteiger partial charge in [0.2, 0.25) is 0 Å². The smallest absolute Gasteiger partial charge is 0.475 e. The van der Waals surface area contributed by atoms with E-state index < -0.39 is 12.1 Å². The lowest BCUT2D eigenvalue weighted by Crippen LogP contribution is -2.31. The van der Waals surface area contributed by atoms with Crippen LogP contribution >= 0.6 is 0 Å². The van der Waals surface area contributed by atoms with E-state index in [1.165, 1.54) is 43.2 Å². The Morgan fingerprint density at radius 1 is 1.05 bits per heavy atom. The molecule has 0 radical (unpaired) electrons. The largest absolute Gasteiger partial charge is 0.490 e. The van der Waals surface area contributed by atoms with Gasteiger partial charge in [0.05, 0.1) is 11.3 Å². The van der Waals surface area contributed by atoms with Gasteiger partial charge in [0.15, 0.2) is 0 Å². The van der Waals surface area contributed by atoms with Crippen LogP contribution in [0.5, 0.6) is 0 Å². The summed E-state index contributed by atoms with van der Waals surface area (Å²) in [5, 5.41) is 10.0. The van der Waals surface area contributed by atoms with E-state index in [0.29, 0.717) is 12.5 Å². The fourth-order valence-corrected chi connectivity index (χ4v) is 4.78. The van der Waals surface area contributed by atoms with Gasteiger partial charge in [-0.05, 0) is 54.2 Å². The molecule has 0 unspecified atom stereocenters. The fraction of sp³-hybridized carbons (Fsp3) is 0.321. The summed E-state index contributed by atoms with van der Waals surface area (Å²) < 4.78 is 31.7. The number of H-pyrrole nitrogens is 1. The Hall–Kier alpha value is -3.88. The van der Waals surface area contributed by atoms with Gasteiger partial charge in [-0.25, -0.2) is 4.79 Å². The minimum atomic E-state index is -5.08. The van der Waals surface area contributed by atoms with Gasteiger partial charge in [0.25, 0.3) is 5.91 Å². The Kier molecular flexibility index (Phi) is 8.11. The molecule has 3 aromatic rings. The molecule has 1 aliphatic carbocycles. The number of aromatic amines is 1. The van der Waals surface area contributed by atoms with Crippen molar-refractivity contribution in [2.45, 2.75) is 50.6 Å². The highest BCUT2D eigenvalue weighted by Crippen LogP contribution is 2.35. The third-order valence-electron chi connectivity index (χ3n) is 6.61. The Balaban J connectivity index is 0.000000405. The molecule has 1 aromatic carbocycles. The van der Waals surface area contributed by atoms with Crippen molar-refractivity contribution < 1.29 is 27.9 Å². The van der Waals surface area contributed by atoms with E-state index in [1.807, 2.05) is 18.3 Å². The van der Waals surface area contributed by atoms with Crippen molar-refractivity contribution in [1.29, 1.82) is 0 Å². The van der Waals surface area contributed by atoms with Crippen LogP contribution in [0.2, 0.25) is 0 Å². The Bertz CT molecular complexity index is 1290. The molecule has 5 rings (SSSR count). The molecule has 2 aliphatic rings. The van der Waals surface area contributed by atoms with Crippen molar-refractivity contribution in [2.75, 3.05) is 6.54 Å². The number of nitrogens with one attached hydrogen (secondary N) is 2. The molecule has 1 fully saturated rings. The first kappa shape index (κ1) is 26.2. The van der Waals surface area contributed by atoms with E-state index in [0.717, 1.165) is 34.6 Å². The van der Waals surface area contributed by atoms with Gasteiger partial charge in [-0.2, -0.15) is 13.2 Å². The first-order valence-corrected chi connectivity index (χ1v) is 12.3. The number of fused-ring (bicyclic) bond motifs is 1. The van der Waals surface area contributed by atoms with Gasteiger partial charge in [-0.3, -0.25) is 9.78 Å². The maximum atomic E-state index is 12.1. The van der Waals surface area contributed by atoms with Crippen LogP contribution in [0.4, 0.5) is 13.2 Å². The molecule has 0 atom stereocenters. The van der Waals surface area contributed by atoms with Crippen LogP contribution < -0.4 is 5.32 Å². The zero-order valence-electron chi connectivity index (χ0n) is 20.1. The summed E-state index contributed by atoms with van der Waals surface area (Å²) in [6.07, 6.45) is 8.53. The van der Waals surface area contributed by atoms with E-state index in [4.69, 9.17) is 9.90 Å². The number of hydrogen-bond acceptors (Lipinski definition) is 3. The molecule has 0 bridgehead atoms. The lowest BCUT2D eigenvalue weighted by atomic mass is 9.82. The third kappa shape index (κ3) is 6.67. The molecule has 1 saturated carbocycles. The van der Waals surface area contributed by atoms with E-state index >= 15 is 0 Å². The number of carbonyl (C=O) groups excluding carboxylic acids is 1. The topological polar surface area (TPSA) is 95.1 Å². The van der Waals surface area contributed by atoms with Crippen molar-refractivity contribution in [2.24, 2.45) is 0 Å². The van der Waals surface area contributed by atoms with E-state index in [-0.39, 0.29) is 5.91 Å². The zero-order valence-corrected chi connectivity index (χ0v) is 20.1. The van der Waals surface area contributed by atoms with Crippen LogP contribution in [0, 0.1) is 0 Å². The molecule has 0 saturated heterocycles. The summed E-state index contributed by atoms with van der Waals surface area (Å²) in [7, 11) is 0. The number of nitrogens with zero attached hydrogens (tertiary/aromatic N) is 1. The zero-order chi connectivity index (χ0) is 26.4. The molecule has 37 heavy (non-hydrogen) atoms. The summed E-state index contributed by atoms with van der Waals surface area (Å²) in [6, 6.07) is 14.8. The summed E-state index contributed by atoms with van der Waals surface area (Å²) in [4.78, 5) is 28.9. The van der Waals surface area contributed by atoms with Crippen molar-refractivity contribution >= 4 is 24.0 Å². The molecular formula is C28H28F3N3O3. The Labute approximate surface area is 212 Å². The Morgan fingerprint density at radius 3 is 2.49 bits per heavy atom. The summed E-state index contributed by atoms with van der Waals surface area (Å²) in [5.41, 5.74) is 7.47. The molecule has 1 amide bonds.